The van der Waals surface area contributed by atoms with E-state index in [0.29, 0.717) is 6.07 Å². The minimum absolute atomic E-state index is 0.0379. The Morgan fingerprint density at radius 2 is 1.72 bits per heavy atom. The second-order valence-corrected chi connectivity index (χ2v) is 9.99. The standard InChI is InChI=1S/C24H21ClF4N2O4S/c1-3-35-22-11-4-15(23(32)30-21-10-5-17(25)13-20(21)24(27,28)29)12-16(22)14-31(36(2,33)34)19-8-6-18(26)7-9-19/h4-13H,3,14H2,1-2H3,(H,30,32). The van der Waals surface area contributed by atoms with Crippen LogP contribution in [0, 0.1) is 5.82 Å². The van der Waals surface area contributed by atoms with Crippen LogP contribution in [0.3, 0.4) is 0 Å². The van der Waals surface area contributed by atoms with Crippen LogP contribution in [0.1, 0.15) is 28.4 Å². The number of benzene rings is 3. The third-order valence-corrected chi connectivity index (χ3v) is 6.36. The van der Waals surface area contributed by atoms with Crippen molar-refractivity contribution in [1.82, 2.24) is 0 Å². The Balaban J connectivity index is 1.99. The van der Waals surface area contributed by atoms with E-state index in [-0.39, 0.29) is 40.7 Å². The number of halogens is 5. The van der Waals surface area contributed by atoms with Gasteiger partial charge in [0.1, 0.15) is 11.6 Å². The van der Waals surface area contributed by atoms with Crippen molar-refractivity contribution in [3.05, 3.63) is 88.2 Å². The lowest BCUT2D eigenvalue weighted by atomic mass is 10.1. The van der Waals surface area contributed by atoms with E-state index in [0.717, 1.165) is 28.8 Å². The highest BCUT2D eigenvalue weighted by atomic mass is 35.5. The van der Waals surface area contributed by atoms with Crippen LogP contribution in [0.2, 0.25) is 5.02 Å². The van der Waals surface area contributed by atoms with E-state index in [1.807, 2.05) is 0 Å². The SMILES string of the molecule is CCOc1ccc(C(=O)Nc2ccc(Cl)cc2C(F)(F)F)cc1CN(c1ccc(F)cc1)S(C)(=O)=O. The zero-order chi connectivity index (χ0) is 26.7. The highest BCUT2D eigenvalue weighted by Gasteiger charge is 2.34. The minimum atomic E-state index is -4.76. The molecule has 1 amide bonds. The van der Waals surface area contributed by atoms with E-state index in [1.165, 1.54) is 36.4 Å². The molecule has 3 aromatic rings. The fraction of sp³-hybridized carbons (Fsp3) is 0.208. The third-order valence-electron chi connectivity index (χ3n) is 4.99. The van der Waals surface area contributed by atoms with Crippen LogP contribution in [-0.4, -0.2) is 27.2 Å². The predicted molar refractivity (Wildman–Crippen MR) is 129 cm³/mol. The topological polar surface area (TPSA) is 75.7 Å². The summed E-state index contributed by atoms with van der Waals surface area (Å²) in [6, 6.07) is 11.8. The van der Waals surface area contributed by atoms with Crippen molar-refractivity contribution < 1.29 is 35.5 Å². The molecular weight excluding hydrogens is 524 g/mol. The number of nitrogens with one attached hydrogen (secondary N) is 1. The summed E-state index contributed by atoms with van der Waals surface area (Å²) in [6.45, 7) is 1.65. The smallest absolute Gasteiger partial charge is 0.418 e. The summed E-state index contributed by atoms with van der Waals surface area (Å²) >= 11 is 5.69. The summed E-state index contributed by atoms with van der Waals surface area (Å²) in [4.78, 5) is 12.9. The third kappa shape index (κ3) is 6.67. The molecule has 3 rings (SSSR count). The van der Waals surface area contributed by atoms with E-state index in [4.69, 9.17) is 16.3 Å². The van der Waals surface area contributed by atoms with E-state index < -0.39 is 39.2 Å². The first-order chi connectivity index (χ1) is 16.8. The molecule has 0 aliphatic carbocycles. The molecule has 0 aliphatic rings. The summed E-state index contributed by atoms with van der Waals surface area (Å²) in [6.07, 6.45) is -3.80. The van der Waals surface area contributed by atoms with Gasteiger partial charge >= 0.3 is 6.18 Å². The summed E-state index contributed by atoms with van der Waals surface area (Å²) < 4.78 is 85.2. The average Bonchev–Trinajstić information content (AvgIpc) is 2.79. The molecule has 0 atom stereocenters. The van der Waals surface area contributed by atoms with Crippen molar-refractivity contribution in [3.8, 4) is 5.75 Å². The molecule has 12 heteroatoms. The average molecular weight is 545 g/mol. The lowest BCUT2D eigenvalue weighted by molar-refractivity contribution is -0.136. The highest BCUT2D eigenvalue weighted by molar-refractivity contribution is 7.92. The highest BCUT2D eigenvalue weighted by Crippen LogP contribution is 2.37. The Kier molecular flexibility index (Phi) is 8.15. The zero-order valence-electron chi connectivity index (χ0n) is 19.1. The number of rotatable bonds is 8. The van der Waals surface area contributed by atoms with Gasteiger partial charge in [0.05, 0.1) is 36.3 Å². The van der Waals surface area contributed by atoms with Crippen LogP contribution in [0.25, 0.3) is 0 Å². The van der Waals surface area contributed by atoms with Gasteiger partial charge < -0.3 is 10.1 Å². The van der Waals surface area contributed by atoms with Gasteiger partial charge in [-0.15, -0.1) is 0 Å². The fourth-order valence-electron chi connectivity index (χ4n) is 3.36. The number of anilines is 2. The van der Waals surface area contributed by atoms with Crippen molar-refractivity contribution in [2.45, 2.75) is 19.6 Å². The molecule has 0 saturated carbocycles. The van der Waals surface area contributed by atoms with Gasteiger partial charge in [-0.3, -0.25) is 9.10 Å². The number of ether oxygens (including phenoxy) is 1. The molecule has 0 aliphatic heterocycles. The predicted octanol–water partition coefficient (Wildman–Crippen LogP) is 6.12. The van der Waals surface area contributed by atoms with E-state index in [1.54, 1.807) is 6.92 Å². The molecule has 0 unspecified atom stereocenters. The van der Waals surface area contributed by atoms with Crippen molar-refractivity contribution in [1.29, 1.82) is 0 Å². The van der Waals surface area contributed by atoms with Gasteiger partial charge in [-0.2, -0.15) is 13.2 Å². The largest absolute Gasteiger partial charge is 0.494 e. The molecule has 0 radical (unpaired) electrons. The van der Waals surface area contributed by atoms with Crippen LogP contribution in [-0.2, 0) is 22.7 Å². The summed E-state index contributed by atoms with van der Waals surface area (Å²) in [5, 5.41) is 2.08. The Bertz CT molecular complexity index is 1360. The molecule has 3 aromatic carbocycles. The van der Waals surface area contributed by atoms with Gasteiger partial charge in [-0.1, -0.05) is 11.6 Å². The van der Waals surface area contributed by atoms with Crippen molar-refractivity contribution in [2.24, 2.45) is 0 Å². The lowest BCUT2D eigenvalue weighted by Gasteiger charge is -2.24. The lowest BCUT2D eigenvalue weighted by Crippen LogP contribution is -2.29. The first kappa shape index (κ1) is 27.3. The Morgan fingerprint density at radius 3 is 2.31 bits per heavy atom. The number of hydrogen-bond acceptors (Lipinski definition) is 4. The Labute approximate surface area is 210 Å². The number of amides is 1. The van der Waals surface area contributed by atoms with Crippen LogP contribution in [0.5, 0.6) is 5.75 Å². The number of hydrogen-bond donors (Lipinski definition) is 1. The van der Waals surface area contributed by atoms with Gasteiger partial charge in [0.15, 0.2) is 0 Å². The van der Waals surface area contributed by atoms with E-state index in [2.05, 4.69) is 5.32 Å². The van der Waals surface area contributed by atoms with E-state index in [9.17, 15) is 30.8 Å². The molecule has 0 aromatic heterocycles. The zero-order valence-corrected chi connectivity index (χ0v) is 20.6. The van der Waals surface area contributed by atoms with Crippen molar-refractivity contribution in [3.63, 3.8) is 0 Å². The summed E-state index contributed by atoms with van der Waals surface area (Å²) in [7, 11) is -3.85. The molecule has 0 fully saturated rings. The molecule has 1 N–H and O–H groups in total. The number of alkyl halides is 3. The molecule has 6 nitrogen and oxygen atoms in total. The van der Waals surface area contributed by atoms with Crippen LogP contribution >= 0.6 is 11.6 Å². The number of carbonyl (C=O) groups excluding carboxylic acids is 1. The van der Waals surface area contributed by atoms with E-state index >= 15 is 0 Å². The van der Waals surface area contributed by atoms with Gasteiger partial charge in [0.25, 0.3) is 5.91 Å². The molecule has 36 heavy (non-hydrogen) atoms. The maximum atomic E-state index is 13.4. The summed E-state index contributed by atoms with van der Waals surface area (Å²) in [5.74, 6) is -1.15. The molecular formula is C24H21ClF4N2O4S. The maximum absolute atomic E-state index is 13.4. The second kappa shape index (κ2) is 10.8. The minimum Gasteiger partial charge on any atom is -0.494 e. The van der Waals surface area contributed by atoms with Crippen LogP contribution < -0.4 is 14.4 Å². The van der Waals surface area contributed by atoms with Gasteiger partial charge in [-0.05, 0) is 67.6 Å². The normalized spacial score (nSPS) is 11.8. The van der Waals surface area contributed by atoms with Crippen LogP contribution in [0.15, 0.2) is 60.7 Å². The van der Waals surface area contributed by atoms with Gasteiger partial charge in [0.2, 0.25) is 10.0 Å². The Hall–Kier alpha value is -3.31. The fourth-order valence-corrected chi connectivity index (χ4v) is 4.41. The van der Waals surface area contributed by atoms with Gasteiger partial charge in [-0.25, -0.2) is 12.8 Å². The molecule has 0 bridgehead atoms. The second-order valence-electron chi connectivity index (χ2n) is 7.64. The number of nitrogens with zero attached hydrogens (tertiary/aromatic N) is 1. The first-order valence-corrected chi connectivity index (χ1v) is 12.7. The first-order valence-electron chi connectivity index (χ1n) is 10.5. The molecule has 0 saturated heterocycles. The molecule has 0 heterocycles. The summed E-state index contributed by atoms with van der Waals surface area (Å²) in [5.41, 5.74) is -1.20. The van der Waals surface area contributed by atoms with Gasteiger partial charge in [0, 0.05) is 16.1 Å². The Morgan fingerprint density at radius 1 is 1.06 bits per heavy atom. The monoisotopic (exact) mass is 544 g/mol. The molecule has 192 valence electrons. The van der Waals surface area contributed by atoms with Crippen molar-refractivity contribution >= 4 is 38.9 Å². The quantitative estimate of drug-likeness (QED) is 0.347. The number of sulfonamides is 1. The van der Waals surface area contributed by atoms with Crippen LogP contribution in [0.4, 0.5) is 28.9 Å². The molecule has 0 spiro atoms. The number of carbonyl (C=O) groups is 1. The maximum Gasteiger partial charge on any atom is 0.418 e. The van der Waals surface area contributed by atoms with Crippen molar-refractivity contribution in [2.75, 3.05) is 22.5 Å².